The Morgan fingerprint density at radius 2 is 1.75 bits per heavy atom. The molecule has 122 valence electrons. The number of para-hydroxylation sites is 1. The number of nitrogens with zero attached hydrogens (tertiary/aromatic N) is 1. The van der Waals surface area contributed by atoms with Crippen LogP contribution in [-0.2, 0) is 0 Å². The Morgan fingerprint density at radius 3 is 2.38 bits per heavy atom. The van der Waals surface area contributed by atoms with Gasteiger partial charge in [0.2, 0.25) is 0 Å². The van der Waals surface area contributed by atoms with E-state index in [1.165, 1.54) is 43.8 Å². The number of hydrogen-bond donors (Lipinski definition) is 0. The first kappa shape index (κ1) is 16.8. The summed E-state index contributed by atoms with van der Waals surface area (Å²) in [6.45, 7) is 10.5. The first-order chi connectivity index (χ1) is 11.6. The molecule has 0 unspecified atom stereocenters. The van der Waals surface area contributed by atoms with Crippen LogP contribution in [-0.4, -0.2) is 9.90 Å². The highest BCUT2D eigenvalue weighted by Crippen LogP contribution is 2.23. The highest BCUT2D eigenvalue weighted by Gasteiger charge is 2.13. The largest absolute Gasteiger partial charge is 0.309 e. The fraction of sp³-hybridized carbons (Fsp3) is 0.182. The Bertz CT molecular complexity index is 1010. The van der Waals surface area contributed by atoms with Crippen molar-refractivity contribution in [2.24, 2.45) is 0 Å². The summed E-state index contributed by atoms with van der Waals surface area (Å²) in [5.74, 6) is 0. The van der Waals surface area contributed by atoms with Crippen molar-refractivity contribution >= 4 is 39.0 Å². The monoisotopic (exact) mass is 379 g/mol. The molecule has 0 radical (unpaired) electrons. The van der Waals surface area contributed by atoms with Gasteiger partial charge in [0.05, 0.1) is 16.6 Å². The van der Waals surface area contributed by atoms with E-state index in [2.05, 4.69) is 96.4 Å². The van der Waals surface area contributed by atoms with Gasteiger partial charge in [0.15, 0.2) is 0 Å². The zero-order valence-corrected chi connectivity index (χ0v) is 16.0. The predicted octanol–water partition coefficient (Wildman–Crippen LogP) is 4.70. The van der Waals surface area contributed by atoms with Crippen molar-refractivity contribution in [1.82, 2.24) is 4.57 Å². The third-order valence-electron chi connectivity index (χ3n) is 4.37. The van der Waals surface area contributed by atoms with E-state index in [9.17, 15) is 0 Å². The summed E-state index contributed by atoms with van der Waals surface area (Å²) in [5.41, 5.74) is 6.37. The molecule has 0 saturated carbocycles. The van der Waals surface area contributed by atoms with Gasteiger partial charge in [-0.15, -0.1) is 0 Å². The molecule has 0 N–H and O–H groups in total. The number of fused-ring (bicyclic) bond motifs is 1. The van der Waals surface area contributed by atoms with Crippen LogP contribution < -0.4 is 10.6 Å². The number of allylic oxidation sites excluding steroid dienone is 1. The second-order valence-electron chi connectivity index (χ2n) is 6.16. The zero-order chi connectivity index (χ0) is 17.3. The number of aryl methyl sites for hydroxylation is 3. The maximum atomic E-state index is 3.93. The summed E-state index contributed by atoms with van der Waals surface area (Å²) in [5, 5.41) is 4.53. The van der Waals surface area contributed by atoms with Gasteiger partial charge in [0.1, 0.15) is 0 Å². The van der Waals surface area contributed by atoms with E-state index in [-0.39, 0.29) is 0 Å². The Balaban J connectivity index is 2.59. The van der Waals surface area contributed by atoms with Gasteiger partial charge in [-0.25, -0.2) is 0 Å². The number of hydrogen-bond acceptors (Lipinski definition) is 0. The summed E-state index contributed by atoms with van der Waals surface area (Å²) in [6.07, 6.45) is 6.20. The van der Waals surface area contributed by atoms with E-state index in [0.717, 1.165) is 5.33 Å². The van der Waals surface area contributed by atoms with E-state index < -0.39 is 0 Å². The number of alkyl halides is 1. The summed E-state index contributed by atoms with van der Waals surface area (Å²) in [7, 11) is 0. The molecule has 1 aromatic heterocycles. The lowest BCUT2D eigenvalue weighted by atomic mass is 10.0. The lowest BCUT2D eigenvalue weighted by Gasteiger charge is -2.14. The average Bonchev–Trinajstić information content (AvgIpc) is 2.82. The van der Waals surface area contributed by atoms with Crippen molar-refractivity contribution in [3.63, 3.8) is 0 Å². The van der Waals surface area contributed by atoms with Crippen LogP contribution in [0, 0.1) is 20.8 Å². The molecule has 0 aliphatic heterocycles. The molecule has 0 atom stereocenters. The third kappa shape index (κ3) is 2.76. The van der Waals surface area contributed by atoms with Crippen molar-refractivity contribution in [2.45, 2.75) is 20.8 Å². The van der Waals surface area contributed by atoms with Crippen LogP contribution in [0.15, 0.2) is 49.1 Å². The van der Waals surface area contributed by atoms with Crippen LogP contribution in [0.5, 0.6) is 0 Å². The molecule has 2 heteroatoms. The van der Waals surface area contributed by atoms with E-state index in [4.69, 9.17) is 0 Å². The zero-order valence-electron chi connectivity index (χ0n) is 14.4. The van der Waals surface area contributed by atoms with E-state index >= 15 is 0 Å². The molecule has 0 fully saturated rings. The molecule has 0 amide bonds. The van der Waals surface area contributed by atoms with Gasteiger partial charge < -0.3 is 4.57 Å². The van der Waals surface area contributed by atoms with Crippen LogP contribution in [0.2, 0.25) is 0 Å². The predicted molar refractivity (Wildman–Crippen MR) is 110 cm³/mol. The minimum Gasteiger partial charge on any atom is -0.309 e. The molecule has 0 aliphatic rings. The van der Waals surface area contributed by atoms with Crippen LogP contribution in [0.3, 0.4) is 0 Å². The maximum absolute atomic E-state index is 3.93. The van der Waals surface area contributed by atoms with Gasteiger partial charge in [-0.3, -0.25) is 0 Å². The standard InChI is InChI=1S/C22H22BrN/c1-5-8-20-19(11-12-23)18-9-6-7-10-21(18)24(20)22-16(3)13-15(2)14-17(22)4/h5-11,13-14H,1,12H2,2-4H3/b19-11-,20-8+. The fourth-order valence-electron chi connectivity index (χ4n) is 3.62. The van der Waals surface area contributed by atoms with Crippen molar-refractivity contribution < 1.29 is 0 Å². The first-order valence-electron chi connectivity index (χ1n) is 8.15. The van der Waals surface area contributed by atoms with Gasteiger partial charge in [-0.05, 0) is 44.0 Å². The van der Waals surface area contributed by atoms with Gasteiger partial charge in [-0.2, -0.15) is 0 Å². The van der Waals surface area contributed by atoms with Gasteiger partial charge in [0.25, 0.3) is 0 Å². The second kappa shape index (κ2) is 6.82. The van der Waals surface area contributed by atoms with Crippen LogP contribution >= 0.6 is 15.9 Å². The molecule has 1 nitrogen and oxygen atoms in total. The normalized spacial score (nSPS) is 13.0. The second-order valence-corrected chi connectivity index (χ2v) is 6.81. The van der Waals surface area contributed by atoms with Crippen LogP contribution in [0.25, 0.3) is 28.7 Å². The van der Waals surface area contributed by atoms with Crippen LogP contribution in [0.1, 0.15) is 16.7 Å². The molecule has 0 saturated heterocycles. The Morgan fingerprint density at radius 1 is 1.08 bits per heavy atom. The average molecular weight is 380 g/mol. The van der Waals surface area contributed by atoms with Gasteiger partial charge >= 0.3 is 0 Å². The summed E-state index contributed by atoms with van der Waals surface area (Å²) in [4.78, 5) is 0. The van der Waals surface area contributed by atoms with Gasteiger partial charge in [-0.1, -0.05) is 70.6 Å². The third-order valence-corrected chi connectivity index (χ3v) is 4.69. The maximum Gasteiger partial charge on any atom is 0.0541 e. The van der Waals surface area contributed by atoms with E-state index in [1.54, 1.807) is 0 Å². The minimum absolute atomic E-state index is 0.824. The summed E-state index contributed by atoms with van der Waals surface area (Å²) < 4.78 is 2.37. The molecular formula is C22H22BrN. The van der Waals surface area contributed by atoms with Crippen molar-refractivity contribution in [3.8, 4) is 5.69 Å². The number of aromatic nitrogens is 1. The van der Waals surface area contributed by atoms with Gasteiger partial charge in [0, 0.05) is 15.9 Å². The van der Waals surface area contributed by atoms with Crippen molar-refractivity contribution in [3.05, 3.63) is 76.3 Å². The van der Waals surface area contributed by atoms with E-state index in [1.807, 2.05) is 6.08 Å². The number of benzene rings is 2. The Kier molecular flexibility index (Phi) is 4.77. The van der Waals surface area contributed by atoms with E-state index in [0.29, 0.717) is 0 Å². The Labute approximate surface area is 151 Å². The number of halogens is 1. The smallest absolute Gasteiger partial charge is 0.0541 e. The highest BCUT2D eigenvalue weighted by atomic mass is 79.9. The van der Waals surface area contributed by atoms with Crippen molar-refractivity contribution in [1.29, 1.82) is 0 Å². The van der Waals surface area contributed by atoms with Crippen LogP contribution in [0.4, 0.5) is 0 Å². The molecule has 0 spiro atoms. The number of rotatable bonds is 3. The quantitative estimate of drug-likeness (QED) is 0.581. The molecule has 3 aromatic rings. The molecule has 24 heavy (non-hydrogen) atoms. The SMILES string of the molecule is C=C/C=c1\c(=C/CBr)c2ccccc2n1-c1c(C)cc(C)cc1C. The topological polar surface area (TPSA) is 4.93 Å². The molecule has 0 aliphatic carbocycles. The lowest BCUT2D eigenvalue weighted by molar-refractivity contribution is 1.03. The molecular weight excluding hydrogens is 358 g/mol. The highest BCUT2D eigenvalue weighted by molar-refractivity contribution is 9.09. The fourth-order valence-corrected chi connectivity index (χ4v) is 3.94. The minimum atomic E-state index is 0.824. The summed E-state index contributed by atoms with van der Waals surface area (Å²) in [6, 6.07) is 13.1. The Hall–Kier alpha value is -2.06. The first-order valence-corrected chi connectivity index (χ1v) is 9.27. The molecule has 3 rings (SSSR count). The molecule has 1 heterocycles. The molecule has 0 bridgehead atoms. The summed E-state index contributed by atoms with van der Waals surface area (Å²) >= 11 is 3.56. The molecule has 2 aromatic carbocycles. The lowest BCUT2D eigenvalue weighted by Crippen LogP contribution is -2.29. The van der Waals surface area contributed by atoms with Crippen molar-refractivity contribution in [2.75, 3.05) is 5.33 Å².